The molecule has 0 N–H and O–H groups in total. The first-order valence-electron chi connectivity index (χ1n) is 5.15. The van der Waals surface area contributed by atoms with Gasteiger partial charge >= 0.3 is 0 Å². The van der Waals surface area contributed by atoms with Gasteiger partial charge < -0.3 is 0 Å². The molecule has 0 aliphatic heterocycles. The molecule has 0 unspecified atom stereocenters. The third-order valence-electron chi connectivity index (χ3n) is 2.39. The van der Waals surface area contributed by atoms with Gasteiger partial charge in [-0.05, 0) is 29.8 Å². The van der Waals surface area contributed by atoms with Crippen molar-refractivity contribution in [1.82, 2.24) is 4.98 Å². The van der Waals surface area contributed by atoms with E-state index in [1.807, 2.05) is 0 Å². The van der Waals surface area contributed by atoms with Gasteiger partial charge in [0.15, 0.2) is 11.6 Å². The van der Waals surface area contributed by atoms with Crippen LogP contribution in [0.3, 0.4) is 0 Å². The number of carbonyl (C=O) groups excluding carboxylic acids is 1. The number of nitrogens with zero attached hydrogens (tertiary/aromatic N) is 1. The second kappa shape index (κ2) is 5.23. The van der Waals surface area contributed by atoms with Gasteiger partial charge in [0.1, 0.15) is 11.5 Å². The maximum atomic E-state index is 13.3. The van der Waals surface area contributed by atoms with Crippen LogP contribution in [0.4, 0.5) is 8.78 Å². The van der Waals surface area contributed by atoms with Crippen LogP contribution in [-0.2, 0) is 6.42 Å². The van der Waals surface area contributed by atoms with E-state index < -0.39 is 17.4 Å². The van der Waals surface area contributed by atoms with Crippen molar-refractivity contribution in [2.45, 2.75) is 6.42 Å². The predicted molar refractivity (Wildman–Crippen MR) is 63.6 cm³/mol. The summed E-state index contributed by atoms with van der Waals surface area (Å²) >= 11 is 5.79. The topological polar surface area (TPSA) is 30.0 Å². The highest BCUT2D eigenvalue weighted by molar-refractivity contribution is 6.31. The molecule has 0 aliphatic rings. The van der Waals surface area contributed by atoms with Gasteiger partial charge in [0.25, 0.3) is 0 Å². The molecule has 1 heterocycles. The molecule has 0 fully saturated rings. The zero-order valence-corrected chi connectivity index (χ0v) is 9.92. The lowest BCUT2D eigenvalue weighted by molar-refractivity contribution is 0.0984. The molecular weight excluding hydrogens is 260 g/mol. The minimum Gasteiger partial charge on any atom is -0.292 e. The minimum absolute atomic E-state index is 0.118. The molecule has 0 atom stereocenters. The van der Waals surface area contributed by atoms with Crippen molar-refractivity contribution < 1.29 is 13.6 Å². The van der Waals surface area contributed by atoms with Crippen molar-refractivity contribution in [2.24, 2.45) is 0 Å². The molecule has 2 nitrogen and oxygen atoms in total. The molecular formula is C13H8ClF2NO. The lowest BCUT2D eigenvalue weighted by Gasteiger charge is -2.04. The molecule has 2 aromatic rings. The van der Waals surface area contributed by atoms with Crippen molar-refractivity contribution in [2.75, 3.05) is 0 Å². The average molecular weight is 268 g/mol. The Kier molecular flexibility index (Phi) is 3.67. The third-order valence-corrected chi connectivity index (χ3v) is 2.74. The van der Waals surface area contributed by atoms with Crippen molar-refractivity contribution >= 4 is 17.4 Å². The van der Waals surface area contributed by atoms with Crippen LogP contribution in [0.1, 0.15) is 16.1 Å². The summed E-state index contributed by atoms with van der Waals surface area (Å²) in [5, 5.41) is 0.139. The van der Waals surface area contributed by atoms with Crippen LogP contribution >= 0.6 is 11.6 Å². The van der Waals surface area contributed by atoms with E-state index >= 15 is 0 Å². The predicted octanol–water partition coefficient (Wildman–Crippen LogP) is 3.44. The Morgan fingerprint density at radius 2 is 2.06 bits per heavy atom. The van der Waals surface area contributed by atoms with E-state index in [1.54, 1.807) is 0 Å². The maximum absolute atomic E-state index is 13.3. The summed E-state index contributed by atoms with van der Waals surface area (Å²) in [4.78, 5) is 15.5. The van der Waals surface area contributed by atoms with Crippen molar-refractivity contribution in [3.8, 4) is 0 Å². The fourth-order valence-corrected chi connectivity index (χ4v) is 1.75. The van der Waals surface area contributed by atoms with Crippen LogP contribution in [0.25, 0.3) is 0 Å². The monoisotopic (exact) mass is 267 g/mol. The molecule has 0 bridgehead atoms. The number of hydrogen-bond donors (Lipinski definition) is 0. The summed E-state index contributed by atoms with van der Waals surface area (Å²) in [6, 6.07) is 6.27. The number of benzene rings is 1. The Morgan fingerprint density at radius 1 is 1.28 bits per heavy atom. The molecule has 0 spiro atoms. The largest absolute Gasteiger partial charge is 0.292 e. The summed E-state index contributed by atoms with van der Waals surface area (Å²) in [5.74, 6) is -1.66. The van der Waals surface area contributed by atoms with E-state index in [9.17, 15) is 13.6 Å². The number of aromatic nitrogens is 1. The molecule has 18 heavy (non-hydrogen) atoms. The van der Waals surface area contributed by atoms with Crippen molar-refractivity contribution in [3.05, 3.63) is 64.4 Å². The van der Waals surface area contributed by atoms with Crippen LogP contribution in [0.2, 0.25) is 5.02 Å². The molecule has 1 aromatic heterocycles. The highest BCUT2D eigenvalue weighted by Gasteiger charge is 2.15. The van der Waals surface area contributed by atoms with Crippen LogP contribution in [0, 0.1) is 11.6 Å². The first-order chi connectivity index (χ1) is 8.58. The SMILES string of the molecule is O=C(Cc1ccc(F)cc1Cl)c1ncccc1F. The summed E-state index contributed by atoms with van der Waals surface area (Å²) in [5.41, 5.74) is 0.200. The Labute approximate surface area is 107 Å². The smallest absolute Gasteiger partial charge is 0.188 e. The number of hydrogen-bond acceptors (Lipinski definition) is 2. The van der Waals surface area contributed by atoms with Crippen molar-refractivity contribution in [1.29, 1.82) is 0 Å². The highest BCUT2D eigenvalue weighted by atomic mass is 35.5. The molecule has 0 aliphatic carbocycles. The summed E-state index contributed by atoms with van der Waals surface area (Å²) in [7, 11) is 0. The summed E-state index contributed by atoms with van der Waals surface area (Å²) in [6.45, 7) is 0. The Balaban J connectivity index is 2.24. The Morgan fingerprint density at radius 3 is 2.72 bits per heavy atom. The van der Waals surface area contributed by atoms with Crippen molar-refractivity contribution in [3.63, 3.8) is 0 Å². The van der Waals surface area contributed by atoms with E-state index in [-0.39, 0.29) is 17.1 Å². The lowest BCUT2D eigenvalue weighted by atomic mass is 10.1. The number of pyridine rings is 1. The van der Waals surface area contributed by atoms with Gasteiger partial charge in [0.2, 0.25) is 0 Å². The standard InChI is InChI=1S/C13H8ClF2NO/c14-10-7-9(15)4-3-8(10)6-12(18)13-11(16)2-1-5-17-13/h1-5,7H,6H2. The van der Waals surface area contributed by atoms with Crippen LogP contribution in [-0.4, -0.2) is 10.8 Å². The molecule has 2 rings (SSSR count). The minimum atomic E-state index is -0.680. The Bertz CT molecular complexity index is 601. The number of halogens is 3. The maximum Gasteiger partial charge on any atom is 0.188 e. The Hall–Kier alpha value is -1.81. The highest BCUT2D eigenvalue weighted by Crippen LogP contribution is 2.19. The molecule has 0 amide bonds. The first kappa shape index (κ1) is 12.6. The summed E-state index contributed by atoms with van der Waals surface area (Å²) in [6.07, 6.45) is 1.22. The molecule has 5 heteroatoms. The fraction of sp³-hybridized carbons (Fsp3) is 0.0769. The second-order valence-corrected chi connectivity index (χ2v) is 4.08. The van der Waals surface area contributed by atoms with Crippen LogP contribution < -0.4 is 0 Å². The molecule has 0 saturated heterocycles. The fourth-order valence-electron chi connectivity index (χ4n) is 1.51. The molecule has 0 saturated carbocycles. The van der Waals surface area contributed by atoms with E-state index in [0.717, 1.165) is 12.1 Å². The van der Waals surface area contributed by atoms with Gasteiger partial charge in [-0.15, -0.1) is 0 Å². The number of ketones is 1. The third kappa shape index (κ3) is 2.71. The quantitative estimate of drug-likeness (QED) is 0.798. The number of carbonyl (C=O) groups is 1. The van der Waals surface area contributed by atoms with E-state index in [4.69, 9.17) is 11.6 Å². The molecule has 1 aromatic carbocycles. The zero-order chi connectivity index (χ0) is 13.1. The van der Waals surface area contributed by atoms with Crippen LogP contribution in [0.15, 0.2) is 36.5 Å². The van der Waals surface area contributed by atoms with Crippen LogP contribution in [0.5, 0.6) is 0 Å². The van der Waals surface area contributed by atoms with E-state index in [1.165, 1.54) is 24.4 Å². The van der Waals surface area contributed by atoms with Gasteiger partial charge in [-0.1, -0.05) is 17.7 Å². The number of rotatable bonds is 3. The average Bonchev–Trinajstić information content (AvgIpc) is 2.33. The zero-order valence-electron chi connectivity index (χ0n) is 9.16. The normalized spacial score (nSPS) is 10.4. The van der Waals surface area contributed by atoms with E-state index in [2.05, 4.69) is 4.98 Å². The van der Waals surface area contributed by atoms with Gasteiger partial charge in [-0.25, -0.2) is 8.78 Å². The summed E-state index contributed by atoms with van der Waals surface area (Å²) < 4.78 is 26.2. The van der Waals surface area contributed by atoms with E-state index in [0.29, 0.717) is 5.56 Å². The molecule has 92 valence electrons. The molecule has 0 radical (unpaired) electrons. The van der Waals surface area contributed by atoms with Gasteiger partial charge in [-0.2, -0.15) is 0 Å². The second-order valence-electron chi connectivity index (χ2n) is 3.67. The van der Waals surface area contributed by atoms with Gasteiger partial charge in [0.05, 0.1) is 0 Å². The van der Waals surface area contributed by atoms with Gasteiger partial charge in [0, 0.05) is 17.6 Å². The van der Waals surface area contributed by atoms with Gasteiger partial charge in [-0.3, -0.25) is 9.78 Å². The first-order valence-corrected chi connectivity index (χ1v) is 5.53. The number of Topliss-reactive ketones (excluding diaryl/α,β-unsaturated/α-hetero) is 1. The lowest BCUT2D eigenvalue weighted by Crippen LogP contribution is -2.08.